The second-order valence-electron chi connectivity index (χ2n) is 3.55. The van der Waals surface area contributed by atoms with Crippen LogP contribution in [0, 0.1) is 30.6 Å². The minimum Gasteiger partial charge on any atom is -0.324 e. The predicted octanol–water partition coefficient (Wildman–Crippen LogP) is 2.64. The van der Waals surface area contributed by atoms with Crippen LogP contribution in [0.1, 0.15) is 12.8 Å². The number of rotatable bonds is 3. The maximum atomic E-state index is 9.01. The predicted molar refractivity (Wildman–Crippen MR) is 69.5 cm³/mol. The van der Waals surface area contributed by atoms with Gasteiger partial charge < -0.3 is 4.57 Å². The third-order valence-electron chi connectivity index (χ3n) is 2.48. The van der Waals surface area contributed by atoms with Crippen LogP contribution in [0.3, 0.4) is 0 Å². The molecule has 0 N–H and O–H groups in total. The van der Waals surface area contributed by atoms with Crippen LogP contribution in [0.25, 0.3) is 0 Å². The maximum absolute atomic E-state index is 9.01. The molecule has 0 aliphatic heterocycles. The zero-order valence-corrected chi connectivity index (χ0v) is 11.8. The molecule has 1 aromatic rings. The monoisotopic (exact) mass is 413 g/mol. The zero-order chi connectivity index (χ0) is 10.1. The van der Waals surface area contributed by atoms with Crippen molar-refractivity contribution in [2.24, 2.45) is 11.8 Å². The van der Waals surface area contributed by atoms with E-state index in [1.165, 1.54) is 12.8 Å². The molecule has 2 rings (SSSR count). The highest BCUT2D eigenvalue weighted by Gasteiger charge is 2.31. The molecule has 14 heavy (non-hydrogen) atoms. The number of nitriles is 1. The molecule has 0 radical (unpaired) electrons. The maximum Gasteiger partial charge on any atom is 0.132 e. The Labute approximate surface area is 110 Å². The summed E-state index contributed by atoms with van der Waals surface area (Å²) < 4.78 is 4.24. The molecule has 1 atom stereocenters. The second kappa shape index (κ2) is 4.35. The van der Waals surface area contributed by atoms with Crippen LogP contribution in [-0.4, -0.2) is 9.55 Å². The quantitative estimate of drug-likeness (QED) is 0.716. The average molecular weight is 413 g/mol. The van der Waals surface area contributed by atoms with Gasteiger partial charge in [-0.2, -0.15) is 5.26 Å². The second-order valence-corrected chi connectivity index (χ2v) is 5.60. The van der Waals surface area contributed by atoms with Gasteiger partial charge >= 0.3 is 0 Å². The molecule has 1 aliphatic rings. The van der Waals surface area contributed by atoms with Crippen LogP contribution in [-0.2, 0) is 6.54 Å². The Balaban J connectivity index is 2.09. The van der Waals surface area contributed by atoms with E-state index in [1.54, 1.807) is 0 Å². The fourth-order valence-corrected chi connectivity index (χ4v) is 2.37. The Morgan fingerprint density at radius 3 is 2.79 bits per heavy atom. The molecule has 0 aromatic carbocycles. The van der Waals surface area contributed by atoms with Crippen LogP contribution in [0.5, 0.6) is 0 Å². The molecule has 1 heterocycles. The Hall–Kier alpha value is 0.160. The lowest BCUT2D eigenvalue weighted by atomic mass is 10.1. The van der Waals surface area contributed by atoms with Gasteiger partial charge in [0, 0.05) is 6.54 Å². The van der Waals surface area contributed by atoms with Crippen LogP contribution in [0.4, 0.5) is 0 Å². The van der Waals surface area contributed by atoms with Crippen molar-refractivity contribution in [3.63, 3.8) is 0 Å². The van der Waals surface area contributed by atoms with Gasteiger partial charge in [0.25, 0.3) is 0 Å². The Bertz CT molecular complexity index is 376. The fraction of sp³-hybridized carbons (Fsp3) is 0.556. The molecule has 1 saturated carbocycles. The first-order valence-electron chi connectivity index (χ1n) is 4.48. The van der Waals surface area contributed by atoms with Gasteiger partial charge in [-0.15, -0.1) is 0 Å². The van der Waals surface area contributed by atoms with Crippen LogP contribution in [0.15, 0.2) is 6.33 Å². The molecule has 1 aliphatic carbocycles. The Morgan fingerprint density at radius 2 is 2.36 bits per heavy atom. The highest BCUT2D eigenvalue weighted by Crippen LogP contribution is 2.37. The SMILES string of the molecule is N#CC(Cn1cnc(I)c1I)C1CC1. The van der Waals surface area contributed by atoms with Gasteiger partial charge in [0.15, 0.2) is 0 Å². The summed E-state index contributed by atoms with van der Waals surface area (Å²) in [5.74, 6) is 0.810. The van der Waals surface area contributed by atoms with Crippen LogP contribution < -0.4 is 0 Å². The lowest BCUT2D eigenvalue weighted by Gasteiger charge is -2.08. The van der Waals surface area contributed by atoms with Crippen molar-refractivity contribution >= 4 is 45.2 Å². The number of hydrogen-bond donors (Lipinski definition) is 0. The first kappa shape index (κ1) is 10.7. The summed E-state index contributed by atoms with van der Waals surface area (Å²) in [6.07, 6.45) is 4.28. The highest BCUT2D eigenvalue weighted by molar-refractivity contribution is 14.1. The van der Waals surface area contributed by atoms with Crippen molar-refractivity contribution in [1.29, 1.82) is 5.26 Å². The van der Waals surface area contributed by atoms with Gasteiger partial charge in [0.05, 0.1) is 18.3 Å². The van der Waals surface area contributed by atoms with Gasteiger partial charge in [-0.05, 0) is 63.9 Å². The van der Waals surface area contributed by atoms with E-state index >= 15 is 0 Å². The largest absolute Gasteiger partial charge is 0.324 e. The minimum absolute atomic E-state index is 0.175. The molecule has 0 saturated heterocycles. The van der Waals surface area contributed by atoms with E-state index < -0.39 is 0 Å². The first-order valence-corrected chi connectivity index (χ1v) is 6.64. The van der Waals surface area contributed by atoms with Gasteiger partial charge in [0.1, 0.15) is 7.40 Å². The molecular weight excluding hydrogens is 404 g/mol. The smallest absolute Gasteiger partial charge is 0.132 e. The standard InChI is InChI=1S/C9H9I2N3/c10-8-9(11)14(5-13-8)4-7(3-12)6-1-2-6/h5-7H,1-2,4H2. The summed E-state index contributed by atoms with van der Waals surface area (Å²) in [7, 11) is 0. The summed E-state index contributed by atoms with van der Waals surface area (Å²) in [6, 6.07) is 2.39. The molecule has 1 fully saturated rings. The summed E-state index contributed by atoms with van der Waals surface area (Å²) in [4.78, 5) is 4.22. The number of aromatic nitrogens is 2. The number of imidazole rings is 1. The summed E-state index contributed by atoms with van der Waals surface area (Å²) >= 11 is 4.49. The van der Waals surface area contributed by atoms with Crippen molar-refractivity contribution in [2.75, 3.05) is 0 Å². The lowest BCUT2D eigenvalue weighted by molar-refractivity contribution is 0.481. The van der Waals surface area contributed by atoms with E-state index in [2.05, 4.69) is 60.8 Å². The molecule has 0 bridgehead atoms. The van der Waals surface area contributed by atoms with E-state index in [-0.39, 0.29) is 5.92 Å². The average Bonchev–Trinajstić information content (AvgIpc) is 2.96. The molecule has 0 spiro atoms. The Morgan fingerprint density at radius 1 is 1.64 bits per heavy atom. The van der Waals surface area contributed by atoms with E-state index in [0.29, 0.717) is 5.92 Å². The number of hydrogen-bond acceptors (Lipinski definition) is 2. The van der Waals surface area contributed by atoms with Crippen molar-refractivity contribution in [3.8, 4) is 6.07 Å². The topological polar surface area (TPSA) is 41.6 Å². The van der Waals surface area contributed by atoms with E-state index in [1.807, 2.05) is 6.33 Å². The molecule has 1 aromatic heterocycles. The molecule has 3 nitrogen and oxygen atoms in total. The number of halogens is 2. The third kappa shape index (κ3) is 2.21. The van der Waals surface area contributed by atoms with Crippen LogP contribution >= 0.6 is 45.2 Å². The summed E-state index contributed by atoms with van der Waals surface area (Å²) in [5.41, 5.74) is 0. The van der Waals surface area contributed by atoms with Crippen molar-refractivity contribution < 1.29 is 0 Å². The summed E-state index contributed by atoms with van der Waals surface area (Å²) in [5, 5.41) is 9.01. The normalized spacial score (nSPS) is 17.8. The zero-order valence-electron chi connectivity index (χ0n) is 7.45. The van der Waals surface area contributed by atoms with E-state index in [4.69, 9.17) is 5.26 Å². The van der Waals surface area contributed by atoms with Gasteiger partial charge in [-0.1, -0.05) is 0 Å². The molecule has 1 unspecified atom stereocenters. The Kier molecular flexibility index (Phi) is 3.31. The van der Waals surface area contributed by atoms with Crippen molar-refractivity contribution in [2.45, 2.75) is 19.4 Å². The molecule has 74 valence electrons. The highest BCUT2D eigenvalue weighted by atomic mass is 127. The van der Waals surface area contributed by atoms with Gasteiger partial charge in [-0.3, -0.25) is 0 Å². The third-order valence-corrected chi connectivity index (χ3v) is 5.44. The van der Waals surface area contributed by atoms with Crippen molar-refractivity contribution in [3.05, 3.63) is 13.7 Å². The lowest BCUT2D eigenvalue weighted by Crippen LogP contribution is -2.11. The first-order chi connectivity index (χ1) is 6.72. The molecular formula is C9H9I2N3. The molecule has 0 amide bonds. The van der Waals surface area contributed by atoms with E-state index in [0.717, 1.165) is 13.9 Å². The summed E-state index contributed by atoms with van der Waals surface area (Å²) in [6.45, 7) is 0.801. The minimum atomic E-state index is 0.175. The van der Waals surface area contributed by atoms with Gasteiger partial charge in [0.2, 0.25) is 0 Å². The fourth-order valence-electron chi connectivity index (χ4n) is 1.48. The van der Waals surface area contributed by atoms with Crippen molar-refractivity contribution in [1.82, 2.24) is 9.55 Å². The van der Waals surface area contributed by atoms with Gasteiger partial charge in [-0.25, -0.2) is 4.98 Å². The molecule has 5 heteroatoms. The number of nitrogens with zero attached hydrogens (tertiary/aromatic N) is 3. The van der Waals surface area contributed by atoms with E-state index in [9.17, 15) is 0 Å². The van der Waals surface area contributed by atoms with Crippen LogP contribution in [0.2, 0.25) is 0 Å².